The van der Waals surface area contributed by atoms with Crippen LogP contribution in [0.1, 0.15) is 104 Å². The lowest BCUT2D eigenvalue weighted by Crippen LogP contribution is -2.24. The highest BCUT2D eigenvalue weighted by molar-refractivity contribution is 6.09. The van der Waals surface area contributed by atoms with Gasteiger partial charge in [-0.15, -0.1) is 0 Å². The number of ketones is 1. The van der Waals surface area contributed by atoms with Crippen molar-refractivity contribution in [3.8, 4) is 23.0 Å². The summed E-state index contributed by atoms with van der Waals surface area (Å²) in [6, 6.07) is 26.6. The van der Waals surface area contributed by atoms with Crippen molar-refractivity contribution in [1.82, 2.24) is 4.98 Å². The Bertz CT molecular complexity index is 1540. The van der Waals surface area contributed by atoms with E-state index in [-0.39, 0.29) is 18.0 Å². The first kappa shape index (κ1) is 31.0. The molecule has 6 nitrogen and oxygen atoms in total. The average molecular weight is 606 g/mol. The molecule has 6 heteroatoms. The van der Waals surface area contributed by atoms with Crippen LogP contribution in [0, 0.1) is 6.92 Å². The minimum atomic E-state index is -0.659. The number of ether oxygens (including phenoxy) is 4. The summed E-state index contributed by atoms with van der Waals surface area (Å²) in [5, 5.41) is 0. The average Bonchev–Trinajstić information content (AvgIpc) is 3.78. The largest absolute Gasteiger partial charge is 0.457 e. The van der Waals surface area contributed by atoms with Crippen molar-refractivity contribution in [2.45, 2.75) is 96.6 Å². The van der Waals surface area contributed by atoms with Crippen LogP contribution < -0.4 is 9.47 Å². The molecule has 45 heavy (non-hydrogen) atoms. The zero-order valence-electron chi connectivity index (χ0n) is 26.4. The van der Waals surface area contributed by atoms with Gasteiger partial charge in [-0.1, -0.05) is 87.6 Å². The standard InChI is InChI=1S/C39H43NO5/c1-3-15-34-38(43-30-19-8-5-9-20-30)35(39(44-31-21-10-11-22-31)45-32-23-12-13-24-32)27(2)36(40-34)37(41)28-16-14-25-33(26-28)42-29-17-6-4-7-18-29/h4-9,14,16-20,25-26,31-32,39H,3,10-13,15,21-24H2,1-2H3. The van der Waals surface area contributed by atoms with Crippen molar-refractivity contribution in [3.05, 3.63) is 113 Å². The highest BCUT2D eigenvalue weighted by atomic mass is 16.7. The fraction of sp³-hybridized carbons (Fsp3) is 0.385. The van der Waals surface area contributed by atoms with Crippen LogP contribution in [0.25, 0.3) is 0 Å². The van der Waals surface area contributed by atoms with Gasteiger partial charge >= 0.3 is 0 Å². The molecule has 4 aromatic rings. The molecule has 6 rings (SSSR count). The number of rotatable bonds is 13. The summed E-state index contributed by atoms with van der Waals surface area (Å²) in [5.74, 6) is 2.48. The van der Waals surface area contributed by atoms with Gasteiger partial charge < -0.3 is 18.9 Å². The van der Waals surface area contributed by atoms with Gasteiger partial charge in [0.25, 0.3) is 0 Å². The monoisotopic (exact) mass is 605 g/mol. The molecule has 0 bridgehead atoms. The van der Waals surface area contributed by atoms with E-state index in [4.69, 9.17) is 23.9 Å². The Morgan fingerprint density at radius 1 is 0.756 bits per heavy atom. The Morgan fingerprint density at radius 3 is 1.89 bits per heavy atom. The lowest BCUT2D eigenvalue weighted by molar-refractivity contribution is -0.197. The summed E-state index contributed by atoms with van der Waals surface area (Å²) in [6.45, 7) is 4.07. The molecule has 2 aliphatic carbocycles. The third kappa shape index (κ3) is 7.63. The van der Waals surface area contributed by atoms with E-state index < -0.39 is 6.29 Å². The second-order valence-electron chi connectivity index (χ2n) is 12.1. The van der Waals surface area contributed by atoms with E-state index in [1.807, 2.05) is 85.8 Å². The van der Waals surface area contributed by atoms with E-state index >= 15 is 0 Å². The van der Waals surface area contributed by atoms with Crippen molar-refractivity contribution >= 4 is 5.78 Å². The van der Waals surface area contributed by atoms with Gasteiger partial charge in [-0.2, -0.15) is 0 Å². The molecule has 3 aromatic carbocycles. The Morgan fingerprint density at radius 2 is 1.31 bits per heavy atom. The molecule has 1 aromatic heterocycles. The Kier molecular flexibility index (Phi) is 10.2. The number of hydrogen-bond acceptors (Lipinski definition) is 6. The lowest BCUT2D eigenvalue weighted by atomic mass is 9.97. The Balaban J connectivity index is 1.45. The second-order valence-corrected chi connectivity index (χ2v) is 12.1. The maximum absolute atomic E-state index is 14.3. The van der Waals surface area contributed by atoms with Crippen LogP contribution in [-0.2, 0) is 15.9 Å². The molecule has 234 valence electrons. The molecule has 2 fully saturated rings. The van der Waals surface area contributed by atoms with E-state index in [1.165, 1.54) is 0 Å². The van der Waals surface area contributed by atoms with E-state index in [1.54, 1.807) is 6.07 Å². The summed E-state index contributed by atoms with van der Waals surface area (Å²) >= 11 is 0. The van der Waals surface area contributed by atoms with Crippen LogP contribution in [0.5, 0.6) is 23.0 Å². The summed E-state index contributed by atoms with van der Waals surface area (Å²) in [7, 11) is 0. The van der Waals surface area contributed by atoms with Crippen LogP contribution in [0.15, 0.2) is 84.9 Å². The number of pyridine rings is 1. The van der Waals surface area contributed by atoms with Crippen LogP contribution in [0.2, 0.25) is 0 Å². The molecular formula is C39H43NO5. The van der Waals surface area contributed by atoms with Gasteiger partial charge in [-0.3, -0.25) is 4.79 Å². The normalized spacial score (nSPS) is 15.5. The van der Waals surface area contributed by atoms with Crippen molar-refractivity contribution < 1.29 is 23.7 Å². The van der Waals surface area contributed by atoms with Crippen LogP contribution in [0.3, 0.4) is 0 Å². The molecule has 2 saturated carbocycles. The molecule has 0 radical (unpaired) electrons. The molecule has 0 saturated heterocycles. The number of aromatic nitrogens is 1. The highest BCUT2D eigenvalue weighted by Crippen LogP contribution is 2.42. The summed E-state index contributed by atoms with van der Waals surface area (Å²) in [6.07, 6.45) is 9.65. The molecule has 0 aliphatic heterocycles. The summed E-state index contributed by atoms with van der Waals surface area (Å²) in [4.78, 5) is 19.3. The van der Waals surface area contributed by atoms with Gasteiger partial charge in [0.1, 0.15) is 22.9 Å². The molecule has 0 atom stereocenters. The van der Waals surface area contributed by atoms with Gasteiger partial charge in [0.05, 0.1) is 23.5 Å². The van der Waals surface area contributed by atoms with Crippen molar-refractivity contribution in [2.75, 3.05) is 0 Å². The minimum Gasteiger partial charge on any atom is -0.457 e. The zero-order valence-corrected chi connectivity index (χ0v) is 26.4. The molecule has 0 unspecified atom stereocenters. The lowest BCUT2D eigenvalue weighted by Gasteiger charge is -2.30. The third-order valence-electron chi connectivity index (χ3n) is 8.73. The quantitative estimate of drug-likeness (QED) is 0.112. The van der Waals surface area contributed by atoms with E-state index in [0.29, 0.717) is 40.7 Å². The molecule has 0 spiro atoms. The topological polar surface area (TPSA) is 66.9 Å². The van der Waals surface area contributed by atoms with Crippen LogP contribution >= 0.6 is 0 Å². The number of carbonyl (C=O) groups is 1. The van der Waals surface area contributed by atoms with Crippen molar-refractivity contribution in [2.24, 2.45) is 0 Å². The first-order valence-electron chi connectivity index (χ1n) is 16.5. The van der Waals surface area contributed by atoms with E-state index in [9.17, 15) is 4.79 Å². The molecule has 2 aliphatic rings. The smallest absolute Gasteiger partial charge is 0.211 e. The molecular weight excluding hydrogens is 562 g/mol. The fourth-order valence-corrected chi connectivity index (χ4v) is 6.38. The Labute approximate surface area is 266 Å². The first-order valence-corrected chi connectivity index (χ1v) is 16.5. The predicted molar refractivity (Wildman–Crippen MR) is 175 cm³/mol. The minimum absolute atomic E-state index is 0.106. The van der Waals surface area contributed by atoms with Gasteiger partial charge in [-0.05, 0) is 81.0 Å². The number of hydrogen-bond donors (Lipinski definition) is 0. The number of carbonyl (C=O) groups excluding carboxylic acids is 1. The molecule has 0 amide bonds. The molecule has 0 N–H and O–H groups in total. The number of aryl methyl sites for hydroxylation is 1. The molecule has 1 heterocycles. The number of para-hydroxylation sites is 2. The highest BCUT2D eigenvalue weighted by Gasteiger charge is 2.34. The zero-order chi connectivity index (χ0) is 31.0. The van der Waals surface area contributed by atoms with Gasteiger partial charge in [0.15, 0.2) is 12.0 Å². The fourth-order valence-electron chi connectivity index (χ4n) is 6.38. The maximum atomic E-state index is 14.3. The van der Waals surface area contributed by atoms with Crippen LogP contribution in [-0.4, -0.2) is 23.0 Å². The van der Waals surface area contributed by atoms with Crippen molar-refractivity contribution in [3.63, 3.8) is 0 Å². The SMILES string of the molecule is CCCc1nc(C(=O)c2cccc(Oc3ccccc3)c2)c(C)c(C(OC2CCCC2)OC2CCCC2)c1Oc1ccccc1. The predicted octanol–water partition coefficient (Wildman–Crippen LogP) is 10.1. The maximum Gasteiger partial charge on any atom is 0.211 e. The van der Waals surface area contributed by atoms with Crippen LogP contribution in [0.4, 0.5) is 0 Å². The summed E-state index contributed by atoms with van der Waals surface area (Å²) in [5.41, 5.74) is 3.13. The van der Waals surface area contributed by atoms with Gasteiger partial charge in [0.2, 0.25) is 5.78 Å². The summed E-state index contributed by atoms with van der Waals surface area (Å²) < 4.78 is 26.4. The number of nitrogens with zero attached hydrogens (tertiary/aromatic N) is 1. The van der Waals surface area contributed by atoms with Crippen molar-refractivity contribution in [1.29, 1.82) is 0 Å². The second kappa shape index (κ2) is 14.9. The van der Waals surface area contributed by atoms with E-state index in [2.05, 4.69) is 6.92 Å². The Hall–Kier alpha value is -4.00. The van der Waals surface area contributed by atoms with E-state index in [0.717, 1.165) is 74.6 Å². The van der Waals surface area contributed by atoms with Gasteiger partial charge in [0, 0.05) is 5.56 Å². The first-order chi connectivity index (χ1) is 22.1. The third-order valence-corrected chi connectivity index (χ3v) is 8.73. The van der Waals surface area contributed by atoms with Gasteiger partial charge in [-0.25, -0.2) is 4.98 Å². The number of benzene rings is 3.